The summed E-state index contributed by atoms with van der Waals surface area (Å²) in [5.74, 6) is 1.03. The Hall–Kier alpha value is -3.38. The van der Waals surface area contributed by atoms with Crippen LogP contribution in [0, 0.1) is 13.8 Å². The average molecular weight is 429 g/mol. The van der Waals surface area contributed by atoms with Crippen molar-refractivity contribution in [3.05, 3.63) is 101 Å². The van der Waals surface area contributed by atoms with Gasteiger partial charge in [-0.3, -0.25) is 9.36 Å². The number of aryl methyl sites for hydroxylation is 2. The first-order valence-electron chi connectivity index (χ1n) is 10.1. The van der Waals surface area contributed by atoms with Crippen molar-refractivity contribution in [2.75, 3.05) is 11.1 Å². The van der Waals surface area contributed by atoms with E-state index in [2.05, 4.69) is 64.3 Å². The quantitative estimate of drug-likeness (QED) is 0.411. The van der Waals surface area contributed by atoms with E-state index in [1.54, 1.807) is 0 Å². The molecule has 0 atom stereocenters. The number of carbonyl (C=O) groups excluding carboxylic acids is 1. The Morgan fingerprint density at radius 2 is 1.61 bits per heavy atom. The molecule has 0 saturated carbocycles. The van der Waals surface area contributed by atoms with Crippen molar-refractivity contribution < 1.29 is 4.79 Å². The minimum absolute atomic E-state index is 0.0737. The predicted octanol–water partition coefficient (Wildman–Crippen LogP) is 5.21. The summed E-state index contributed by atoms with van der Waals surface area (Å²) in [6, 6.07) is 26.0. The zero-order valence-electron chi connectivity index (χ0n) is 17.6. The van der Waals surface area contributed by atoms with Gasteiger partial charge in [0, 0.05) is 17.8 Å². The van der Waals surface area contributed by atoms with Crippen molar-refractivity contribution in [1.82, 2.24) is 14.8 Å². The van der Waals surface area contributed by atoms with E-state index < -0.39 is 0 Å². The maximum absolute atomic E-state index is 12.4. The molecule has 156 valence electrons. The van der Waals surface area contributed by atoms with E-state index in [0.29, 0.717) is 11.6 Å². The van der Waals surface area contributed by atoms with Crippen molar-refractivity contribution in [3.8, 4) is 5.69 Å². The van der Waals surface area contributed by atoms with E-state index in [9.17, 15) is 4.79 Å². The number of hydrogen-bond acceptors (Lipinski definition) is 4. The average Bonchev–Trinajstić information content (AvgIpc) is 3.18. The number of carbonyl (C=O) groups is 1. The van der Waals surface area contributed by atoms with Gasteiger partial charge in [0.2, 0.25) is 5.91 Å². The number of amides is 1. The van der Waals surface area contributed by atoms with Gasteiger partial charge in [-0.05, 0) is 54.8 Å². The summed E-state index contributed by atoms with van der Waals surface area (Å²) in [5.41, 5.74) is 5.39. The van der Waals surface area contributed by atoms with Crippen molar-refractivity contribution in [2.24, 2.45) is 0 Å². The normalized spacial score (nSPS) is 10.8. The van der Waals surface area contributed by atoms with Crippen LogP contribution in [0.3, 0.4) is 0 Å². The molecule has 4 rings (SSSR count). The third kappa shape index (κ3) is 5.22. The number of nitrogens with one attached hydrogen (secondary N) is 1. The van der Waals surface area contributed by atoms with E-state index in [-0.39, 0.29) is 11.7 Å². The predicted molar refractivity (Wildman–Crippen MR) is 126 cm³/mol. The lowest BCUT2D eigenvalue weighted by Gasteiger charge is -2.12. The van der Waals surface area contributed by atoms with Crippen LogP contribution in [0.5, 0.6) is 0 Å². The van der Waals surface area contributed by atoms with Crippen LogP contribution in [0.4, 0.5) is 5.69 Å². The maximum atomic E-state index is 12.4. The lowest BCUT2D eigenvalue weighted by molar-refractivity contribution is -0.113. The molecular formula is C25H24N4OS. The molecule has 0 aliphatic carbocycles. The highest BCUT2D eigenvalue weighted by Gasteiger charge is 2.17. The lowest BCUT2D eigenvalue weighted by Crippen LogP contribution is -2.14. The van der Waals surface area contributed by atoms with Gasteiger partial charge < -0.3 is 5.32 Å². The second-order valence-corrected chi connectivity index (χ2v) is 8.31. The molecular weight excluding hydrogens is 404 g/mol. The second-order valence-electron chi connectivity index (χ2n) is 7.37. The van der Waals surface area contributed by atoms with Crippen LogP contribution in [0.2, 0.25) is 0 Å². The van der Waals surface area contributed by atoms with Crippen LogP contribution in [0.15, 0.2) is 84.0 Å². The Kier molecular flexibility index (Phi) is 6.48. The Bertz CT molecular complexity index is 1170. The van der Waals surface area contributed by atoms with Gasteiger partial charge in [0.05, 0.1) is 5.75 Å². The molecule has 31 heavy (non-hydrogen) atoms. The molecule has 0 bridgehead atoms. The number of aromatic nitrogens is 3. The summed E-state index contributed by atoms with van der Waals surface area (Å²) in [6.45, 7) is 4.19. The fraction of sp³-hybridized carbons (Fsp3) is 0.160. The number of hydrogen-bond donors (Lipinski definition) is 1. The van der Waals surface area contributed by atoms with Gasteiger partial charge in [0.15, 0.2) is 5.16 Å². The molecule has 0 radical (unpaired) electrons. The van der Waals surface area contributed by atoms with Crippen LogP contribution in [0.1, 0.15) is 22.5 Å². The third-order valence-electron chi connectivity index (χ3n) is 5.04. The Labute approximate surface area is 186 Å². The molecule has 3 aromatic carbocycles. The van der Waals surface area contributed by atoms with Gasteiger partial charge in [0.1, 0.15) is 5.82 Å². The Balaban J connectivity index is 1.59. The summed E-state index contributed by atoms with van der Waals surface area (Å²) in [4.78, 5) is 12.4. The highest BCUT2D eigenvalue weighted by Crippen LogP contribution is 2.25. The van der Waals surface area contributed by atoms with Gasteiger partial charge in [-0.25, -0.2) is 0 Å². The van der Waals surface area contributed by atoms with Gasteiger partial charge >= 0.3 is 0 Å². The van der Waals surface area contributed by atoms with Gasteiger partial charge in [0.25, 0.3) is 0 Å². The maximum Gasteiger partial charge on any atom is 0.234 e. The summed E-state index contributed by atoms with van der Waals surface area (Å²) < 4.78 is 2.06. The number of anilines is 1. The standard InChI is InChI=1S/C25H24N4OS/c1-18-13-14-22(15-19(18)2)29-23(16-20-9-5-3-6-10-20)27-28-25(29)31-17-24(30)26-21-11-7-4-8-12-21/h3-15H,16-17H2,1-2H3,(H,26,30). The van der Waals surface area contributed by atoms with Crippen LogP contribution >= 0.6 is 11.8 Å². The van der Waals surface area contributed by atoms with E-state index in [1.807, 2.05) is 48.5 Å². The molecule has 1 amide bonds. The summed E-state index contributed by atoms with van der Waals surface area (Å²) >= 11 is 1.39. The zero-order chi connectivity index (χ0) is 21.6. The largest absolute Gasteiger partial charge is 0.325 e. The number of rotatable bonds is 7. The molecule has 6 heteroatoms. The molecule has 1 aromatic heterocycles. The first kappa shape index (κ1) is 20.9. The molecule has 0 fully saturated rings. The molecule has 0 spiro atoms. The van der Waals surface area contributed by atoms with Crippen LogP contribution in [-0.4, -0.2) is 26.4 Å². The number of benzene rings is 3. The lowest BCUT2D eigenvalue weighted by atomic mass is 10.1. The van der Waals surface area contributed by atoms with E-state index in [0.717, 1.165) is 17.2 Å². The number of thioether (sulfide) groups is 1. The topological polar surface area (TPSA) is 59.8 Å². The second kappa shape index (κ2) is 9.62. The van der Waals surface area contributed by atoms with Gasteiger partial charge in [-0.1, -0.05) is 66.4 Å². The number of para-hydroxylation sites is 1. The third-order valence-corrected chi connectivity index (χ3v) is 5.97. The minimum atomic E-state index is -0.0737. The van der Waals surface area contributed by atoms with Gasteiger partial charge in [-0.2, -0.15) is 0 Å². The first-order valence-corrected chi connectivity index (χ1v) is 11.1. The summed E-state index contributed by atoms with van der Waals surface area (Å²) in [5, 5.41) is 12.5. The molecule has 5 nitrogen and oxygen atoms in total. The Morgan fingerprint density at radius 3 is 2.32 bits per heavy atom. The molecule has 1 N–H and O–H groups in total. The molecule has 0 unspecified atom stereocenters. The summed E-state index contributed by atoms with van der Waals surface area (Å²) in [6.07, 6.45) is 0.664. The SMILES string of the molecule is Cc1ccc(-n2c(Cc3ccccc3)nnc2SCC(=O)Nc2ccccc2)cc1C. The van der Waals surface area contributed by atoms with Gasteiger partial charge in [-0.15, -0.1) is 10.2 Å². The highest BCUT2D eigenvalue weighted by atomic mass is 32.2. The monoisotopic (exact) mass is 428 g/mol. The highest BCUT2D eigenvalue weighted by molar-refractivity contribution is 7.99. The van der Waals surface area contributed by atoms with Crippen LogP contribution in [-0.2, 0) is 11.2 Å². The minimum Gasteiger partial charge on any atom is -0.325 e. The molecule has 0 aliphatic heterocycles. The van der Waals surface area contributed by atoms with Crippen LogP contribution < -0.4 is 5.32 Å². The fourth-order valence-corrected chi connectivity index (χ4v) is 4.03. The van der Waals surface area contributed by atoms with Crippen molar-refractivity contribution in [3.63, 3.8) is 0 Å². The molecule has 1 heterocycles. The zero-order valence-corrected chi connectivity index (χ0v) is 18.4. The molecule has 4 aromatic rings. The molecule has 0 aliphatic rings. The first-order chi connectivity index (χ1) is 15.1. The summed E-state index contributed by atoms with van der Waals surface area (Å²) in [7, 11) is 0. The van der Waals surface area contributed by atoms with E-state index in [1.165, 1.54) is 28.5 Å². The smallest absolute Gasteiger partial charge is 0.234 e. The van der Waals surface area contributed by atoms with Crippen LogP contribution in [0.25, 0.3) is 5.69 Å². The van der Waals surface area contributed by atoms with Crippen molar-refractivity contribution in [2.45, 2.75) is 25.4 Å². The molecule has 0 saturated heterocycles. The van der Waals surface area contributed by atoms with Crippen molar-refractivity contribution >= 4 is 23.4 Å². The Morgan fingerprint density at radius 1 is 0.903 bits per heavy atom. The van der Waals surface area contributed by atoms with E-state index >= 15 is 0 Å². The van der Waals surface area contributed by atoms with E-state index in [4.69, 9.17) is 0 Å². The number of nitrogens with zero attached hydrogens (tertiary/aromatic N) is 3. The van der Waals surface area contributed by atoms with Crippen molar-refractivity contribution in [1.29, 1.82) is 0 Å². The fourth-order valence-electron chi connectivity index (χ4n) is 3.26.